The highest BCUT2D eigenvalue weighted by Gasteiger charge is 2.26. The van der Waals surface area contributed by atoms with Crippen LogP contribution in [0.25, 0.3) is 10.9 Å². The number of fused-ring (bicyclic) bond motifs is 1. The fourth-order valence-corrected chi connectivity index (χ4v) is 3.49. The minimum absolute atomic E-state index is 0.0961. The fraction of sp³-hybridized carbons (Fsp3) is 0.273. The second-order valence-electron chi connectivity index (χ2n) is 7.13. The molecule has 33 heavy (non-hydrogen) atoms. The highest BCUT2D eigenvalue weighted by molar-refractivity contribution is 6.30. The molecule has 2 heterocycles. The standard InChI is InChI=1S/C22H20ClFN4O5/c1-31-18-8-14-17(25-12-26-22(14)27-16-4-3-13(23)7-15(16)24)9-19(18)33-6-2-5-28-20(29)10-32-11-21(28)30/h3-4,7-9,12H,2,5-6,10-11H2,1H3,(H,25,26,27). The van der Waals surface area contributed by atoms with E-state index in [0.29, 0.717) is 34.6 Å². The van der Waals surface area contributed by atoms with Gasteiger partial charge in [0.1, 0.15) is 31.2 Å². The van der Waals surface area contributed by atoms with Gasteiger partial charge in [-0.25, -0.2) is 14.4 Å². The molecule has 9 nitrogen and oxygen atoms in total. The average molecular weight is 475 g/mol. The van der Waals surface area contributed by atoms with E-state index in [0.717, 1.165) is 0 Å². The number of rotatable bonds is 8. The van der Waals surface area contributed by atoms with Crippen molar-refractivity contribution in [3.8, 4) is 11.5 Å². The van der Waals surface area contributed by atoms with E-state index in [1.165, 1.54) is 30.5 Å². The second-order valence-corrected chi connectivity index (χ2v) is 7.56. The van der Waals surface area contributed by atoms with E-state index >= 15 is 0 Å². The van der Waals surface area contributed by atoms with Crippen molar-refractivity contribution in [2.45, 2.75) is 6.42 Å². The zero-order chi connectivity index (χ0) is 23.4. The number of morpholine rings is 1. The minimum Gasteiger partial charge on any atom is -0.493 e. The smallest absolute Gasteiger partial charge is 0.255 e. The first-order valence-corrected chi connectivity index (χ1v) is 10.4. The molecule has 0 aliphatic carbocycles. The highest BCUT2D eigenvalue weighted by atomic mass is 35.5. The molecule has 4 rings (SSSR count). The minimum atomic E-state index is -0.515. The third-order valence-corrected chi connectivity index (χ3v) is 5.18. The number of halogens is 2. The zero-order valence-electron chi connectivity index (χ0n) is 17.6. The van der Waals surface area contributed by atoms with E-state index in [9.17, 15) is 14.0 Å². The van der Waals surface area contributed by atoms with Crippen LogP contribution in [0.1, 0.15) is 6.42 Å². The molecule has 0 saturated carbocycles. The SMILES string of the molecule is COc1cc2c(Nc3ccc(Cl)cc3F)ncnc2cc1OCCCN1C(=O)COCC1=O. The molecule has 2 aromatic carbocycles. The van der Waals surface area contributed by atoms with Gasteiger partial charge in [0.05, 0.1) is 24.9 Å². The van der Waals surface area contributed by atoms with Gasteiger partial charge in [0.2, 0.25) is 0 Å². The summed E-state index contributed by atoms with van der Waals surface area (Å²) in [4.78, 5) is 33.2. The Hall–Kier alpha value is -3.50. The molecule has 1 aliphatic heterocycles. The Morgan fingerprint density at radius 3 is 2.67 bits per heavy atom. The Morgan fingerprint density at radius 2 is 1.94 bits per heavy atom. The van der Waals surface area contributed by atoms with Crippen LogP contribution in [0.5, 0.6) is 11.5 Å². The number of imide groups is 1. The van der Waals surface area contributed by atoms with Crippen LogP contribution < -0.4 is 14.8 Å². The predicted molar refractivity (Wildman–Crippen MR) is 118 cm³/mol. The molecule has 0 radical (unpaired) electrons. The Kier molecular flexibility index (Phi) is 6.85. The van der Waals surface area contributed by atoms with Crippen molar-refractivity contribution in [3.63, 3.8) is 0 Å². The molecule has 11 heteroatoms. The van der Waals surface area contributed by atoms with Crippen LogP contribution in [-0.2, 0) is 14.3 Å². The van der Waals surface area contributed by atoms with Crippen LogP contribution in [0, 0.1) is 5.82 Å². The number of nitrogens with one attached hydrogen (secondary N) is 1. The maximum absolute atomic E-state index is 14.2. The number of nitrogens with zero attached hydrogens (tertiary/aromatic N) is 3. The molecule has 0 spiro atoms. The monoisotopic (exact) mass is 474 g/mol. The summed E-state index contributed by atoms with van der Waals surface area (Å²) in [7, 11) is 1.49. The Balaban J connectivity index is 1.49. The van der Waals surface area contributed by atoms with Gasteiger partial charge in [-0.2, -0.15) is 0 Å². The van der Waals surface area contributed by atoms with Crippen molar-refractivity contribution in [3.05, 3.63) is 47.5 Å². The van der Waals surface area contributed by atoms with E-state index in [2.05, 4.69) is 15.3 Å². The van der Waals surface area contributed by atoms with Gasteiger partial charge in [0.15, 0.2) is 11.5 Å². The maximum atomic E-state index is 14.2. The molecule has 1 N–H and O–H groups in total. The summed E-state index contributed by atoms with van der Waals surface area (Å²) in [6.07, 6.45) is 1.79. The van der Waals surface area contributed by atoms with E-state index < -0.39 is 5.82 Å². The lowest BCUT2D eigenvalue weighted by molar-refractivity contribution is -0.158. The number of ether oxygens (including phenoxy) is 3. The van der Waals surface area contributed by atoms with Crippen molar-refractivity contribution in [1.29, 1.82) is 0 Å². The number of carbonyl (C=O) groups excluding carboxylic acids is 2. The number of methoxy groups -OCH3 is 1. The molecule has 2 amide bonds. The first-order valence-electron chi connectivity index (χ1n) is 10.0. The summed E-state index contributed by atoms with van der Waals surface area (Å²) >= 11 is 5.82. The first-order chi connectivity index (χ1) is 16.0. The second kappa shape index (κ2) is 9.97. The largest absolute Gasteiger partial charge is 0.493 e. The number of aromatic nitrogens is 2. The van der Waals surface area contributed by atoms with Crippen LogP contribution in [0.15, 0.2) is 36.7 Å². The molecule has 3 aromatic rings. The number of carbonyl (C=O) groups is 2. The van der Waals surface area contributed by atoms with Gasteiger partial charge in [0.25, 0.3) is 11.8 Å². The molecule has 0 atom stereocenters. The maximum Gasteiger partial charge on any atom is 0.255 e. The third kappa shape index (κ3) is 5.12. The van der Waals surface area contributed by atoms with E-state index in [1.54, 1.807) is 18.2 Å². The predicted octanol–water partition coefficient (Wildman–Crippen LogP) is 3.33. The van der Waals surface area contributed by atoms with E-state index in [-0.39, 0.29) is 48.9 Å². The van der Waals surface area contributed by atoms with Gasteiger partial charge in [-0.15, -0.1) is 0 Å². The Bertz CT molecular complexity index is 1190. The zero-order valence-corrected chi connectivity index (χ0v) is 18.4. The summed E-state index contributed by atoms with van der Waals surface area (Å²) in [5, 5.41) is 3.84. The topological polar surface area (TPSA) is 103 Å². The quantitative estimate of drug-likeness (QED) is 0.392. The number of hydrogen-bond acceptors (Lipinski definition) is 8. The van der Waals surface area contributed by atoms with E-state index in [1.807, 2.05) is 0 Å². The van der Waals surface area contributed by atoms with Crippen molar-refractivity contribution < 1.29 is 28.2 Å². The molecular weight excluding hydrogens is 455 g/mol. The number of hydrogen-bond donors (Lipinski definition) is 1. The lowest BCUT2D eigenvalue weighted by Crippen LogP contribution is -2.46. The number of benzene rings is 2. The number of amides is 2. The van der Waals surface area contributed by atoms with Crippen molar-refractivity contribution in [2.24, 2.45) is 0 Å². The van der Waals surface area contributed by atoms with Crippen LogP contribution in [0.3, 0.4) is 0 Å². The van der Waals surface area contributed by atoms with Gasteiger partial charge >= 0.3 is 0 Å². The Labute approximate surface area is 193 Å². The fourth-order valence-electron chi connectivity index (χ4n) is 3.33. The van der Waals surface area contributed by atoms with Gasteiger partial charge in [-0.05, 0) is 30.7 Å². The van der Waals surface area contributed by atoms with Crippen molar-refractivity contribution in [1.82, 2.24) is 14.9 Å². The molecule has 0 unspecified atom stereocenters. The van der Waals surface area contributed by atoms with Crippen molar-refractivity contribution >= 4 is 45.8 Å². The molecule has 1 fully saturated rings. The Morgan fingerprint density at radius 1 is 1.15 bits per heavy atom. The summed E-state index contributed by atoms with van der Waals surface area (Å²) in [5.74, 6) is 0.0167. The van der Waals surface area contributed by atoms with Crippen LogP contribution in [0.2, 0.25) is 5.02 Å². The molecule has 1 saturated heterocycles. The number of anilines is 2. The summed E-state index contributed by atoms with van der Waals surface area (Å²) in [6, 6.07) is 7.67. The third-order valence-electron chi connectivity index (χ3n) is 4.94. The lowest BCUT2D eigenvalue weighted by Gasteiger charge is -2.24. The van der Waals surface area contributed by atoms with Crippen LogP contribution in [0.4, 0.5) is 15.9 Å². The van der Waals surface area contributed by atoms with Gasteiger partial charge < -0.3 is 19.5 Å². The lowest BCUT2D eigenvalue weighted by atomic mass is 10.2. The van der Waals surface area contributed by atoms with E-state index in [4.69, 9.17) is 25.8 Å². The van der Waals surface area contributed by atoms with Gasteiger partial charge in [0, 0.05) is 23.0 Å². The summed E-state index contributed by atoms with van der Waals surface area (Å²) in [5.41, 5.74) is 0.766. The highest BCUT2D eigenvalue weighted by Crippen LogP contribution is 2.35. The molecule has 1 aromatic heterocycles. The summed E-state index contributed by atoms with van der Waals surface area (Å²) in [6.45, 7) is 0.286. The molecule has 0 bridgehead atoms. The van der Waals surface area contributed by atoms with Crippen LogP contribution >= 0.6 is 11.6 Å². The molecule has 1 aliphatic rings. The molecule has 172 valence electrons. The van der Waals surface area contributed by atoms with Crippen LogP contribution in [-0.4, -0.2) is 60.2 Å². The first kappa shape index (κ1) is 22.7. The van der Waals surface area contributed by atoms with Crippen molar-refractivity contribution in [2.75, 3.05) is 38.8 Å². The summed E-state index contributed by atoms with van der Waals surface area (Å²) < 4.78 is 30.4. The van der Waals surface area contributed by atoms with Gasteiger partial charge in [-0.3, -0.25) is 14.5 Å². The van der Waals surface area contributed by atoms with Gasteiger partial charge in [-0.1, -0.05) is 11.6 Å². The normalized spacial score (nSPS) is 14.0. The molecular formula is C22H20ClFN4O5. The average Bonchev–Trinajstić information content (AvgIpc) is 2.79.